The van der Waals surface area contributed by atoms with Crippen molar-refractivity contribution in [2.24, 2.45) is 5.92 Å². The maximum absolute atomic E-state index is 13.2. The zero-order valence-corrected chi connectivity index (χ0v) is 24.2. The van der Waals surface area contributed by atoms with Gasteiger partial charge in [-0.25, -0.2) is 9.59 Å². The summed E-state index contributed by atoms with van der Waals surface area (Å²) >= 11 is 0. The number of amides is 1. The highest BCUT2D eigenvalue weighted by Gasteiger charge is 2.61. The Morgan fingerprint density at radius 2 is 1.43 bits per heavy atom. The number of carbonyl (C=O) groups excluding carboxylic acids is 2. The van der Waals surface area contributed by atoms with E-state index in [2.05, 4.69) is 69.3 Å². The molecule has 1 saturated heterocycles. The summed E-state index contributed by atoms with van der Waals surface area (Å²) < 4.78 is 18.6. The van der Waals surface area contributed by atoms with Crippen LogP contribution in [0.1, 0.15) is 61.3 Å². The Hall–Kier alpha value is -2.64. The number of likely N-dealkylation sites (tertiary alicyclic amines) is 1. The number of ether oxygens (including phenoxy) is 2. The summed E-state index contributed by atoms with van der Waals surface area (Å²) in [5.41, 5.74) is -0.650. The van der Waals surface area contributed by atoms with E-state index in [9.17, 15) is 9.59 Å². The van der Waals surface area contributed by atoms with Crippen LogP contribution in [-0.4, -0.2) is 55.7 Å². The summed E-state index contributed by atoms with van der Waals surface area (Å²) in [5, 5.41) is 2.23. The van der Waals surface area contributed by atoms with Crippen molar-refractivity contribution in [1.29, 1.82) is 0 Å². The van der Waals surface area contributed by atoms with E-state index in [0.29, 0.717) is 12.8 Å². The van der Waals surface area contributed by atoms with Gasteiger partial charge in [0.05, 0.1) is 12.7 Å². The van der Waals surface area contributed by atoms with Gasteiger partial charge in [-0.05, 0) is 55.9 Å². The average Bonchev–Trinajstić information content (AvgIpc) is 3.40. The SMILES string of the molecule is CCOC(=O)[C@@H]1[C@@H]2C[C@@H](C[C@H]2O[Si](c2ccccc2)(c2ccccc2)C(C)(C)C)N1C(=O)OC(C)(C)C. The Balaban J connectivity index is 1.75. The zero-order chi connectivity index (χ0) is 27.0. The molecule has 200 valence electrons. The van der Waals surface area contributed by atoms with Gasteiger partial charge in [0.25, 0.3) is 8.32 Å². The number of rotatable bonds is 6. The third kappa shape index (κ3) is 5.21. The minimum absolute atomic E-state index is 0.127. The first-order valence-corrected chi connectivity index (χ1v) is 15.3. The van der Waals surface area contributed by atoms with E-state index in [1.807, 2.05) is 32.9 Å². The number of hydrogen-bond donors (Lipinski definition) is 0. The molecule has 2 aromatic rings. The Morgan fingerprint density at radius 1 is 0.892 bits per heavy atom. The molecule has 1 aliphatic heterocycles. The summed E-state index contributed by atoms with van der Waals surface area (Å²) in [6.07, 6.45) is 0.738. The van der Waals surface area contributed by atoms with E-state index in [0.717, 1.165) is 0 Å². The van der Waals surface area contributed by atoms with Gasteiger partial charge in [-0.15, -0.1) is 0 Å². The number of piperidine rings is 1. The average molecular weight is 524 g/mol. The van der Waals surface area contributed by atoms with Gasteiger partial charge in [0.2, 0.25) is 0 Å². The second-order valence-corrected chi connectivity index (χ2v) is 16.4. The fraction of sp³-hybridized carbons (Fsp3) is 0.533. The van der Waals surface area contributed by atoms with Gasteiger partial charge >= 0.3 is 12.1 Å². The minimum Gasteiger partial charge on any atom is -0.464 e. The first kappa shape index (κ1) is 27.4. The Kier molecular flexibility index (Phi) is 7.59. The monoisotopic (exact) mass is 523 g/mol. The number of nitrogens with zero attached hydrogens (tertiary/aromatic N) is 1. The molecule has 1 aliphatic carbocycles. The largest absolute Gasteiger partial charge is 0.464 e. The standard InChI is InChI=1S/C30H41NO5Si/c1-8-34-27(32)26-24-19-21(31(26)28(33)35-29(2,3)4)20-25(24)36-37(30(5,6)7,22-15-11-9-12-16-22)23-17-13-10-14-18-23/h9-18,21,24-26H,8,19-20H2,1-7H3/t21-,24+,25+,26-/m0/s1. The van der Waals surface area contributed by atoms with E-state index < -0.39 is 26.1 Å². The first-order chi connectivity index (χ1) is 17.4. The third-order valence-electron chi connectivity index (χ3n) is 7.50. The highest BCUT2D eigenvalue weighted by atomic mass is 28.4. The van der Waals surface area contributed by atoms with Gasteiger partial charge < -0.3 is 13.9 Å². The summed E-state index contributed by atoms with van der Waals surface area (Å²) in [7, 11) is -2.81. The Labute approximate surface area is 222 Å². The number of esters is 1. The van der Waals surface area contributed by atoms with Crippen LogP contribution >= 0.6 is 0 Å². The lowest BCUT2D eigenvalue weighted by Crippen LogP contribution is -2.69. The molecular weight excluding hydrogens is 482 g/mol. The lowest BCUT2D eigenvalue weighted by molar-refractivity contribution is -0.153. The smallest absolute Gasteiger partial charge is 0.411 e. The molecule has 0 aromatic heterocycles. The normalized spacial score (nSPS) is 23.7. The van der Waals surface area contributed by atoms with Crippen LogP contribution in [0.4, 0.5) is 4.79 Å². The van der Waals surface area contributed by atoms with Crippen molar-refractivity contribution in [3.05, 3.63) is 60.7 Å². The number of carbonyl (C=O) groups is 2. The van der Waals surface area contributed by atoms with Crippen LogP contribution < -0.4 is 10.4 Å². The van der Waals surface area contributed by atoms with Crippen LogP contribution in [0, 0.1) is 5.92 Å². The van der Waals surface area contributed by atoms with E-state index in [1.54, 1.807) is 11.8 Å². The molecule has 0 N–H and O–H groups in total. The zero-order valence-electron chi connectivity index (χ0n) is 23.2. The van der Waals surface area contributed by atoms with Gasteiger partial charge in [0, 0.05) is 12.0 Å². The second kappa shape index (κ2) is 10.3. The molecule has 1 saturated carbocycles. The molecule has 2 aliphatic rings. The molecule has 1 amide bonds. The predicted octanol–water partition coefficient (Wildman–Crippen LogP) is 4.89. The molecule has 4 atom stereocenters. The van der Waals surface area contributed by atoms with Gasteiger partial charge in [-0.1, -0.05) is 81.4 Å². The molecule has 0 spiro atoms. The number of benzene rings is 2. The minimum atomic E-state index is -2.81. The first-order valence-electron chi connectivity index (χ1n) is 13.4. The van der Waals surface area contributed by atoms with Crippen molar-refractivity contribution in [3.63, 3.8) is 0 Å². The number of hydrogen-bond acceptors (Lipinski definition) is 5. The molecule has 6 nitrogen and oxygen atoms in total. The lowest BCUT2D eigenvalue weighted by atomic mass is 9.96. The molecule has 4 rings (SSSR count). The molecule has 2 bridgehead atoms. The maximum atomic E-state index is 13.2. The molecule has 2 fully saturated rings. The summed E-state index contributed by atoms with van der Waals surface area (Å²) in [6, 6.07) is 20.2. The molecule has 2 aromatic carbocycles. The summed E-state index contributed by atoms with van der Waals surface area (Å²) in [5.74, 6) is -0.533. The van der Waals surface area contributed by atoms with Gasteiger partial charge in [0.15, 0.2) is 0 Å². The van der Waals surface area contributed by atoms with E-state index >= 15 is 0 Å². The second-order valence-electron chi connectivity index (χ2n) is 12.2. The van der Waals surface area contributed by atoms with Crippen LogP contribution in [0.2, 0.25) is 5.04 Å². The van der Waals surface area contributed by atoms with Crippen molar-refractivity contribution >= 4 is 30.8 Å². The molecular formula is C30H41NO5Si. The van der Waals surface area contributed by atoms with Crippen molar-refractivity contribution in [3.8, 4) is 0 Å². The Morgan fingerprint density at radius 3 is 1.89 bits per heavy atom. The Bertz CT molecular complexity index is 1050. The van der Waals surface area contributed by atoms with Gasteiger partial charge in [0.1, 0.15) is 11.6 Å². The molecule has 0 unspecified atom stereocenters. The van der Waals surface area contributed by atoms with Crippen LogP contribution in [0.3, 0.4) is 0 Å². The molecule has 37 heavy (non-hydrogen) atoms. The molecule has 0 radical (unpaired) electrons. The van der Waals surface area contributed by atoms with Crippen molar-refractivity contribution in [1.82, 2.24) is 4.90 Å². The van der Waals surface area contributed by atoms with E-state index in [1.165, 1.54) is 10.4 Å². The lowest BCUT2D eigenvalue weighted by Gasteiger charge is -2.47. The van der Waals surface area contributed by atoms with Crippen LogP contribution in [0.25, 0.3) is 0 Å². The van der Waals surface area contributed by atoms with Crippen molar-refractivity contribution < 1.29 is 23.5 Å². The highest BCUT2D eigenvalue weighted by Crippen LogP contribution is 2.48. The number of fused-ring (bicyclic) bond motifs is 2. The van der Waals surface area contributed by atoms with E-state index in [-0.39, 0.29) is 35.7 Å². The quantitative estimate of drug-likeness (QED) is 0.398. The van der Waals surface area contributed by atoms with Crippen LogP contribution in [-0.2, 0) is 18.7 Å². The fourth-order valence-electron chi connectivity index (χ4n) is 6.14. The predicted molar refractivity (Wildman–Crippen MR) is 147 cm³/mol. The highest BCUT2D eigenvalue weighted by molar-refractivity contribution is 6.99. The molecule has 1 heterocycles. The topological polar surface area (TPSA) is 65.1 Å². The van der Waals surface area contributed by atoms with Gasteiger partial charge in [-0.2, -0.15) is 0 Å². The van der Waals surface area contributed by atoms with Crippen molar-refractivity contribution in [2.45, 2.75) is 90.1 Å². The van der Waals surface area contributed by atoms with Crippen molar-refractivity contribution in [2.75, 3.05) is 6.61 Å². The van der Waals surface area contributed by atoms with Gasteiger partial charge in [-0.3, -0.25) is 4.90 Å². The van der Waals surface area contributed by atoms with Crippen LogP contribution in [0.5, 0.6) is 0 Å². The van der Waals surface area contributed by atoms with Crippen LogP contribution in [0.15, 0.2) is 60.7 Å². The van der Waals surface area contributed by atoms with E-state index in [4.69, 9.17) is 13.9 Å². The summed E-state index contributed by atoms with van der Waals surface area (Å²) in [6.45, 7) is 14.3. The summed E-state index contributed by atoms with van der Waals surface area (Å²) in [4.78, 5) is 28.1. The third-order valence-corrected chi connectivity index (χ3v) is 12.6. The fourth-order valence-corrected chi connectivity index (χ4v) is 10.9. The molecule has 7 heteroatoms. The maximum Gasteiger partial charge on any atom is 0.411 e.